The summed E-state index contributed by atoms with van der Waals surface area (Å²) in [5.41, 5.74) is 0.631. The number of hydrogen-bond donors (Lipinski definition) is 1. The van der Waals surface area contributed by atoms with Crippen LogP contribution in [0.4, 0.5) is 13.2 Å². The molecule has 0 aliphatic rings. The fraction of sp³-hybridized carbons (Fsp3) is 0.750. The molecule has 0 saturated heterocycles. The molecule has 15 heavy (non-hydrogen) atoms. The Bertz CT molecular complexity index is 307. The van der Waals surface area contributed by atoms with Crippen LogP contribution in [-0.4, -0.2) is 27.2 Å². The van der Waals surface area contributed by atoms with E-state index in [2.05, 4.69) is 15.6 Å². The second-order valence-electron chi connectivity index (χ2n) is 3.48. The zero-order valence-electron chi connectivity index (χ0n) is 8.54. The monoisotopic (exact) mass is 222 g/mol. The van der Waals surface area contributed by atoms with Crippen molar-refractivity contribution >= 4 is 0 Å². The van der Waals surface area contributed by atoms with Gasteiger partial charge in [-0.25, -0.2) is 0 Å². The minimum absolute atomic E-state index is 0.297. The first-order chi connectivity index (χ1) is 6.87. The fourth-order valence-corrected chi connectivity index (χ4v) is 1.17. The second-order valence-corrected chi connectivity index (χ2v) is 3.48. The lowest BCUT2D eigenvalue weighted by Gasteiger charge is -2.14. The van der Waals surface area contributed by atoms with E-state index < -0.39 is 18.6 Å². The van der Waals surface area contributed by atoms with Gasteiger partial charge in [0.25, 0.3) is 0 Å². The van der Waals surface area contributed by atoms with Crippen LogP contribution in [0.15, 0.2) is 6.20 Å². The molecule has 1 rings (SSSR count). The SMILES string of the molecule is CC(CC(F)(F)F)NCc1cn(C)nn1. The molecule has 0 aromatic carbocycles. The van der Waals surface area contributed by atoms with Crippen molar-refractivity contribution in [1.82, 2.24) is 20.3 Å². The Morgan fingerprint density at radius 3 is 2.67 bits per heavy atom. The van der Waals surface area contributed by atoms with Crippen molar-refractivity contribution in [2.45, 2.75) is 32.1 Å². The Kier molecular flexibility index (Phi) is 3.67. The van der Waals surface area contributed by atoms with Crippen molar-refractivity contribution in [2.75, 3.05) is 0 Å². The molecule has 4 nitrogen and oxygen atoms in total. The molecule has 0 fully saturated rings. The summed E-state index contributed by atoms with van der Waals surface area (Å²) in [6.07, 6.45) is -3.31. The molecule has 1 atom stereocenters. The quantitative estimate of drug-likeness (QED) is 0.833. The third kappa shape index (κ3) is 4.78. The van der Waals surface area contributed by atoms with Crippen molar-refractivity contribution in [3.05, 3.63) is 11.9 Å². The Morgan fingerprint density at radius 1 is 1.53 bits per heavy atom. The summed E-state index contributed by atoms with van der Waals surface area (Å²) in [5, 5.41) is 10.2. The van der Waals surface area contributed by atoms with Crippen molar-refractivity contribution < 1.29 is 13.2 Å². The van der Waals surface area contributed by atoms with Crippen LogP contribution in [0, 0.1) is 0 Å². The Labute approximate surface area is 85.5 Å². The zero-order chi connectivity index (χ0) is 11.5. The highest BCUT2D eigenvalue weighted by Crippen LogP contribution is 2.21. The van der Waals surface area contributed by atoms with Gasteiger partial charge in [0.1, 0.15) is 0 Å². The summed E-state index contributed by atoms with van der Waals surface area (Å²) in [6.45, 7) is 1.79. The maximum atomic E-state index is 12.0. The maximum Gasteiger partial charge on any atom is 0.390 e. The minimum Gasteiger partial charge on any atom is -0.308 e. The zero-order valence-corrected chi connectivity index (χ0v) is 8.54. The molecule has 0 bridgehead atoms. The van der Waals surface area contributed by atoms with Gasteiger partial charge in [0, 0.05) is 25.8 Å². The van der Waals surface area contributed by atoms with Crippen LogP contribution in [0.5, 0.6) is 0 Å². The molecule has 7 heteroatoms. The van der Waals surface area contributed by atoms with Crippen molar-refractivity contribution in [2.24, 2.45) is 7.05 Å². The third-order valence-electron chi connectivity index (χ3n) is 1.82. The average molecular weight is 222 g/mol. The highest BCUT2D eigenvalue weighted by molar-refractivity contribution is 4.91. The van der Waals surface area contributed by atoms with Gasteiger partial charge in [-0.15, -0.1) is 5.10 Å². The van der Waals surface area contributed by atoms with Crippen LogP contribution in [0.1, 0.15) is 19.0 Å². The standard InChI is InChI=1S/C8H13F3N4/c1-6(3-8(9,10)11)12-4-7-5-15(2)14-13-7/h5-6,12H,3-4H2,1-2H3. The number of nitrogens with zero attached hydrogens (tertiary/aromatic N) is 3. The topological polar surface area (TPSA) is 42.7 Å². The maximum absolute atomic E-state index is 12.0. The van der Waals surface area contributed by atoms with E-state index in [9.17, 15) is 13.2 Å². The van der Waals surface area contributed by atoms with E-state index >= 15 is 0 Å². The van der Waals surface area contributed by atoms with E-state index in [0.717, 1.165) is 0 Å². The summed E-state index contributed by atoms with van der Waals surface area (Å²) in [5.74, 6) is 0. The van der Waals surface area contributed by atoms with Gasteiger partial charge in [-0.05, 0) is 6.92 Å². The first-order valence-corrected chi connectivity index (χ1v) is 4.52. The molecule has 1 aromatic heterocycles. The summed E-state index contributed by atoms with van der Waals surface area (Å²) >= 11 is 0. The van der Waals surface area contributed by atoms with Crippen LogP contribution in [0.2, 0.25) is 0 Å². The normalized spacial score (nSPS) is 14.2. The van der Waals surface area contributed by atoms with Gasteiger partial charge in [-0.2, -0.15) is 13.2 Å². The highest BCUT2D eigenvalue weighted by Gasteiger charge is 2.29. The molecule has 1 heterocycles. The van der Waals surface area contributed by atoms with Crippen LogP contribution < -0.4 is 5.32 Å². The lowest BCUT2D eigenvalue weighted by molar-refractivity contribution is -0.139. The smallest absolute Gasteiger partial charge is 0.308 e. The van der Waals surface area contributed by atoms with Crippen molar-refractivity contribution in [3.63, 3.8) is 0 Å². The lowest BCUT2D eigenvalue weighted by Crippen LogP contribution is -2.30. The van der Waals surface area contributed by atoms with Gasteiger partial charge in [-0.1, -0.05) is 5.21 Å². The number of hydrogen-bond acceptors (Lipinski definition) is 3. The number of aryl methyl sites for hydroxylation is 1. The fourth-order valence-electron chi connectivity index (χ4n) is 1.17. The van der Waals surface area contributed by atoms with E-state index in [1.165, 1.54) is 11.6 Å². The molecule has 86 valence electrons. The second kappa shape index (κ2) is 4.61. The molecule has 0 saturated carbocycles. The highest BCUT2D eigenvalue weighted by atomic mass is 19.4. The van der Waals surface area contributed by atoms with Gasteiger partial charge in [0.2, 0.25) is 0 Å². The van der Waals surface area contributed by atoms with E-state index in [1.54, 1.807) is 13.2 Å². The van der Waals surface area contributed by atoms with Gasteiger partial charge in [0.05, 0.1) is 12.1 Å². The van der Waals surface area contributed by atoms with E-state index in [4.69, 9.17) is 0 Å². The van der Waals surface area contributed by atoms with E-state index in [1.807, 2.05) is 0 Å². The Morgan fingerprint density at radius 2 is 2.20 bits per heavy atom. The number of nitrogens with one attached hydrogen (secondary N) is 1. The first kappa shape index (κ1) is 12.0. The largest absolute Gasteiger partial charge is 0.390 e. The lowest BCUT2D eigenvalue weighted by atomic mass is 10.2. The van der Waals surface area contributed by atoms with Crippen LogP contribution in [0.3, 0.4) is 0 Å². The first-order valence-electron chi connectivity index (χ1n) is 4.52. The van der Waals surface area contributed by atoms with E-state index in [-0.39, 0.29) is 0 Å². The summed E-state index contributed by atoms with van der Waals surface area (Å²) in [7, 11) is 1.70. The van der Waals surface area contributed by atoms with Gasteiger partial charge < -0.3 is 5.32 Å². The number of halogens is 3. The number of aromatic nitrogens is 3. The molecule has 1 aromatic rings. The number of rotatable bonds is 4. The molecule has 1 N–H and O–H groups in total. The predicted octanol–water partition coefficient (Wildman–Crippen LogP) is 1.25. The molecule has 0 amide bonds. The molecule has 0 spiro atoms. The van der Waals surface area contributed by atoms with Crippen molar-refractivity contribution in [1.29, 1.82) is 0 Å². The summed E-state index contributed by atoms with van der Waals surface area (Å²) < 4.78 is 37.4. The molecule has 0 aliphatic heterocycles. The summed E-state index contributed by atoms with van der Waals surface area (Å²) in [6, 6.07) is -0.619. The minimum atomic E-state index is -4.13. The Hall–Kier alpha value is -1.11. The Balaban J connectivity index is 2.31. The third-order valence-corrected chi connectivity index (χ3v) is 1.82. The van der Waals surface area contributed by atoms with Crippen LogP contribution in [-0.2, 0) is 13.6 Å². The molecular weight excluding hydrogens is 209 g/mol. The van der Waals surface area contributed by atoms with Gasteiger partial charge in [-0.3, -0.25) is 4.68 Å². The predicted molar refractivity (Wildman–Crippen MR) is 48.0 cm³/mol. The number of alkyl halides is 3. The van der Waals surface area contributed by atoms with Crippen molar-refractivity contribution in [3.8, 4) is 0 Å². The van der Waals surface area contributed by atoms with Crippen LogP contribution in [0.25, 0.3) is 0 Å². The molecule has 0 aliphatic carbocycles. The van der Waals surface area contributed by atoms with Crippen LogP contribution >= 0.6 is 0 Å². The molecule has 0 radical (unpaired) electrons. The van der Waals surface area contributed by atoms with Gasteiger partial charge in [0.15, 0.2) is 0 Å². The van der Waals surface area contributed by atoms with E-state index in [0.29, 0.717) is 12.2 Å². The average Bonchev–Trinajstić information content (AvgIpc) is 2.45. The summed E-state index contributed by atoms with van der Waals surface area (Å²) in [4.78, 5) is 0. The molecular formula is C8H13F3N4. The molecule has 1 unspecified atom stereocenters. The van der Waals surface area contributed by atoms with Gasteiger partial charge >= 0.3 is 6.18 Å².